The molecule has 1 rings (SSSR count). The van der Waals surface area contributed by atoms with Crippen LogP contribution >= 0.6 is 0 Å². The van der Waals surface area contributed by atoms with Crippen LogP contribution < -0.4 is 4.90 Å². The van der Waals surface area contributed by atoms with Crippen molar-refractivity contribution in [1.29, 1.82) is 0 Å². The number of rotatable bonds is 5. The number of benzene rings is 1. The van der Waals surface area contributed by atoms with Gasteiger partial charge in [-0.15, -0.1) is 0 Å². The third-order valence-corrected chi connectivity index (χ3v) is 2.87. The summed E-state index contributed by atoms with van der Waals surface area (Å²) in [6.07, 6.45) is 1.11. The molecule has 0 aliphatic rings. The average Bonchev–Trinajstić information content (AvgIpc) is 2.25. The highest BCUT2D eigenvalue weighted by atomic mass is 15.2. The molecule has 0 amide bonds. The molecule has 1 aromatic rings. The molecular weight excluding hydrogens is 194 g/mol. The fourth-order valence-electron chi connectivity index (χ4n) is 2.07. The summed E-state index contributed by atoms with van der Waals surface area (Å²) < 4.78 is 0. The number of hydrogen-bond acceptors (Lipinski definition) is 1. The molecule has 0 saturated heterocycles. The second-order valence-corrected chi connectivity index (χ2v) is 5.12. The number of nitrogens with zero attached hydrogens (tertiary/aromatic N) is 1. The van der Waals surface area contributed by atoms with Gasteiger partial charge >= 0.3 is 0 Å². The summed E-state index contributed by atoms with van der Waals surface area (Å²) in [6, 6.07) is 9.34. The summed E-state index contributed by atoms with van der Waals surface area (Å²) in [5, 5.41) is 0. The minimum absolute atomic E-state index is 0.565. The molecule has 0 saturated carbocycles. The standard InChI is InChI=1S/C15H25N/c1-6-14-9-7-8-10-15(14)16(13(4)5)11-12(2)3/h7-10,12-13H,6,11H2,1-5H3. The lowest BCUT2D eigenvalue weighted by Crippen LogP contribution is -2.34. The van der Waals surface area contributed by atoms with Crippen LogP contribution in [0.5, 0.6) is 0 Å². The van der Waals surface area contributed by atoms with Crippen molar-refractivity contribution < 1.29 is 0 Å². The van der Waals surface area contributed by atoms with Gasteiger partial charge < -0.3 is 4.90 Å². The first-order valence-corrected chi connectivity index (χ1v) is 6.40. The lowest BCUT2D eigenvalue weighted by molar-refractivity contribution is 0.569. The quantitative estimate of drug-likeness (QED) is 0.720. The van der Waals surface area contributed by atoms with Gasteiger partial charge in [-0.2, -0.15) is 0 Å². The molecular formula is C15H25N. The fourth-order valence-corrected chi connectivity index (χ4v) is 2.07. The molecule has 0 radical (unpaired) electrons. The van der Waals surface area contributed by atoms with Crippen molar-refractivity contribution in [2.24, 2.45) is 5.92 Å². The zero-order valence-corrected chi connectivity index (χ0v) is 11.3. The van der Waals surface area contributed by atoms with Crippen molar-refractivity contribution in [1.82, 2.24) is 0 Å². The van der Waals surface area contributed by atoms with Gasteiger partial charge in [-0.05, 0) is 37.8 Å². The molecule has 1 nitrogen and oxygen atoms in total. The number of hydrogen-bond donors (Lipinski definition) is 0. The summed E-state index contributed by atoms with van der Waals surface area (Å²) in [7, 11) is 0. The Labute approximate surface area is 100 Å². The third kappa shape index (κ3) is 3.26. The topological polar surface area (TPSA) is 3.24 Å². The molecule has 0 unspecified atom stereocenters. The van der Waals surface area contributed by atoms with Crippen LogP contribution in [0.3, 0.4) is 0 Å². The van der Waals surface area contributed by atoms with Gasteiger partial charge in [0.2, 0.25) is 0 Å². The van der Waals surface area contributed by atoms with Gasteiger partial charge in [0.05, 0.1) is 0 Å². The lowest BCUT2D eigenvalue weighted by atomic mass is 10.1. The molecule has 1 heteroatoms. The normalized spacial score (nSPS) is 11.2. The van der Waals surface area contributed by atoms with Gasteiger partial charge in [0.1, 0.15) is 0 Å². The van der Waals surface area contributed by atoms with E-state index >= 15 is 0 Å². The van der Waals surface area contributed by atoms with Gasteiger partial charge in [-0.25, -0.2) is 0 Å². The molecule has 0 aliphatic carbocycles. The van der Waals surface area contributed by atoms with Gasteiger partial charge in [-0.3, -0.25) is 0 Å². The van der Waals surface area contributed by atoms with E-state index < -0.39 is 0 Å². The van der Waals surface area contributed by atoms with E-state index in [4.69, 9.17) is 0 Å². The van der Waals surface area contributed by atoms with Crippen molar-refractivity contribution in [2.45, 2.75) is 47.1 Å². The van der Waals surface area contributed by atoms with Gasteiger partial charge in [0, 0.05) is 18.3 Å². The smallest absolute Gasteiger partial charge is 0.0401 e. The predicted octanol–water partition coefficient (Wildman–Crippen LogP) is 4.12. The summed E-state index contributed by atoms with van der Waals surface area (Å²) in [5.74, 6) is 0.701. The van der Waals surface area contributed by atoms with Gasteiger partial charge in [0.25, 0.3) is 0 Å². The van der Waals surface area contributed by atoms with Crippen molar-refractivity contribution in [2.75, 3.05) is 11.4 Å². The Bertz CT molecular complexity index is 315. The first-order chi connectivity index (χ1) is 7.56. The summed E-state index contributed by atoms with van der Waals surface area (Å²) in [6.45, 7) is 12.5. The van der Waals surface area contributed by atoms with Crippen LogP contribution in [0.1, 0.15) is 40.2 Å². The Morgan fingerprint density at radius 3 is 2.19 bits per heavy atom. The fraction of sp³-hybridized carbons (Fsp3) is 0.600. The number of aryl methyl sites for hydroxylation is 1. The molecule has 16 heavy (non-hydrogen) atoms. The largest absolute Gasteiger partial charge is 0.369 e. The van der Waals surface area contributed by atoms with Crippen molar-refractivity contribution in [3.63, 3.8) is 0 Å². The molecule has 0 bridgehead atoms. The van der Waals surface area contributed by atoms with Crippen molar-refractivity contribution >= 4 is 5.69 Å². The number of para-hydroxylation sites is 1. The molecule has 90 valence electrons. The molecule has 0 aromatic heterocycles. The van der Waals surface area contributed by atoms with E-state index in [1.165, 1.54) is 11.3 Å². The number of anilines is 1. The van der Waals surface area contributed by atoms with Crippen LogP contribution in [0.4, 0.5) is 5.69 Å². The maximum absolute atomic E-state index is 2.52. The second kappa shape index (κ2) is 5.93. The Morgan fingerprint density at radius 1 is 1.06 bits per heavy atom. The first kappa shape index (κ1) is 13.1. The Morgan fingerprint density at radius 2 is 1.69 bits per heavy atom. The molecule has 0 spiro atoms. The maximum Gasteiger partial charge on any atom is 0.0401 e. The van der Waals surface area contributed by atoms with Crippen LogP contribution in [0.2, 0.25) is 0 Å². The molecule has 1 aromatic carbocycles. The van der Waals surface area contributed by atoms with E-state index in [9.17, 15) is 0 Å². The Kier molecular flexibility index (Phi) is 4.85. The average molecular weight is 219 g/mol. The molecule has 0 N–H and O–H groups in total. The zero-order chi connectivity index (χ0) is 12.1. The zero-order valence-electron chi connectivity index (χ0n) is 11.3. The highest BCUT2D eigenvalue weighted by molar-refractivity contribution is 5.54. The summed E-state index contributed by atoms with van der Waals surface area (Å²) >= 11 is 0. The highest BCUT2D eigenvalue weighted by Crippen LogP contribution is 2.23. The second-order valence-electron chi connectivity index (χ2n) is 5.12. The minimum atomic E-state index is 0.565. The van der Waals surface area contributed by atoms with Gasteiger partial charge in [-0.1, -0.05) is 39.0 Å². The van der Waals surface area contributed by atoms with Gasteiger partial charge in [0.15, 0.2) is 0 Å². The van der Waals surface area contributed by atoms with Crippen LogP contribution in [0.25, 0.3) is 0 Å². The predicted molar refractivity (Wildman–Crippen MR) is 73.1 cm³/mol. The SMILES string of the molecule is CCc1ccccc1N(CC(C)C)C(C)C. The summed E-state index contributed by atoms with van der Waals surface area (Å²) in [5.41, 5.74) is 2.87. The van der Waals surface area contributed by atoms with Crippen LogP contribution in [-0.4, -0.2) is 12.6 Å². The molecule has 0 fully saturated rings. The maximum atomic E-state index is 2.52. The van der Waals surface area contributed by atoms with Crippen LogP contribution in [-0.2, 0) is 6.42 Å². The van der Waals surface area contributed by atoms with Crippen molar-refractivity contribution in [3.8, 4) is 0 Å². The van der Waals surface area contributed by atoms with E-state index in [-0.39, 0.29) is 0 Å². The minimum Gasteiger partial charge on any atom is -0.369 e. The van der Waals surface area contributed by atoms with Crippen molar-refractivity contribution in [3.05, 3.63) is 29.8 Å². The van der Waals surface area contributed by atoms with Crippen LogP contribution in [0, 0.1) is 5.92 Å². The summed E-state index contributed by atoms with van der Waals surface area (Å²) in [4.78, 5) is 2.52. The van der Waals surface area contributed by atoms with E-state index in [2.05, 4.69) is 63.8 Å². The van der Waals surface area contributed by atoms with Crippen LogP contribution in [0.15, 0.2) is 24.3 Å². The van der Waals surface area contributed by atoms with E-state index in [0.717, 1.165) is 13.0 Å². The molecule has 0 atom stereocenters. The molecule has 0 aliphatic heterocycles. The highest BCUT2D eigenvalue weighted by Gasteiger charge is 2.14. The first-order valence-electron chi connectivity index (χ1n) is 6.40. The third-order valence-electron chi connectivity index (χ3n) is 2.87. The van der Waals surface area contributed by atoms with E-state index in [1.807, 2.05) is 0 Å². The Hall–Kier alpha value is -0.980. The molecule has 0 heterocycles. The lowest BCUT2D eigenvalue weighted by Gasteiger charge is -2.32. The van der Waals surface area contributed by atoms with E-state index in [1.54, 1.807) is 0 Å². The Balaban J connectivity index is 3.00. The monoisotopic (exact) mass is 219 g/mol. The van der Waals surface area contributed by atoms with E-state index in [0.29, 0.717) is 12.0 Å².